The topological polar surface area (TPSA) is 18.5 Å². The fourth-order valence-electron chi connectivity index (χ4n) is 2.29. The van der Waals surface area contributed by atoms with Crippen molar-refractivity contribution in [2.75, 3.05) is 45.1 Å². The van der Waals surface area contributed by atoms with Gasteiger partial charge in [0, 0.05) is 38.4 Å². The average molecular weight is 245 g/mol. The van der Waals surface area contributed by atoms with Crippen molar-refractivity contribution in [3.63, 3.8) is 0 Å². The number of anilines is 1. The Labute approximate surface area is 110 Å². The Bertz CT molecular complexity index is 381. The zero-order valence-corrected chi connectivity index (χ0v) is 11.2. The minimum Gasteiger partial charge on any atom is -0.362 e. The van der Waals surface area contributed by atoms with Crippen molar-refractivity contribution in [3.05, 3.63) is 42.6 Å². The molecule has 0 amide bonds. The molecule has 0 saturated carbocycles. The van der Waals surface area contributed by atoms with Crippen LogP contribution in [0.5, 0.6) is 0 Å². The molecule has 0 atom stereocenters. The third-order valence-electron chi connectivity index (χ3n) is 3.51. The van der Waals surface area contributed by atoms with Crippen LogP contribution in [0.4, 0.5) is 5.69 Å². The van der Waals surface area contributed by atoms with Crippen molar-refractivity contribution in [1.29, 1.82) is 0 Å². The van der Waals surface area contributed by atoms with E-state index in [0.29, 0.717) is 0 Å². The minimum absolute atomic E-state index is 1.12. The number of likely N-dealkylation sites (N-methyl/N-ethyl adjacent to an activating group) is 1. The maximum atomic E-state index is 3.69. The quantitative estimate of drug-likeness (QED) is 0.856. The van der Waals surface area contributed by atoms with Crippen LogP contribution in [0.25, 0.3) is 0 Å². The smallest absolute Gasteiger partial charge is 0.0382 e. The maximum Gasteiger partial charge on any atom is 0.0382 e. The highest BCUT2D eigenvalue weighted by molar-refractivity contribution is 5.47. The fraction of sp³-hybridized carbons (Fsp3) is 0.467. The lowest BCUT2D eigenvalue weighted by molar-refractivity contribution is 0.155. The van der Waals surface area contributed by atoms with Crippen LogP contribution in [0.3, 0.4) is 0 Å². The first-order valence-electron chi connectivity index (χ1n) is 6.65. The van der Waals surface area contributed by atoms with E-state index in [1.54, 1.807) is 6.20 Å². The predicted molar refractivity (Wildman–Crippen MR) is 77.9 cm³/mol. The van der Waals surface area contributed by atoms with Gasteiger partial charge in [-0.1, -0.05) is 18.7 Å². The molecule has 1 aliphatic heterocycles. The van der Waals surface area contributed by atoms with Gasteiger partial charge in [0.25, 0.3) is 0 Å². The molecule has 0 aromatic heterocycles. The van der Waals surface area contributed by atoms with Crippen molar-refractivity contribution in [2.24, 2.45) is 0 Å². The van der Waals surface area contributed by atoms with E-state index in [4.69, 9.17) is 0 Å². The molecule has 1 N–H and O–H groups in total. The van der Waals surface area contributed by atoms with Crippen LogP contribution < -0.4 is 5.32 Å². The first-order valence-corrected chi connectivity index (χ1v) is 6.65. The lowest BCUT2D eigenvalue weighted by Crippen LogP contribution is -2.45. The second kappa shape index (κ2) is 6.57. The standard InChI is InChI=1S/C15H23N3/c1-3-16-15-6-4-5-14(13-15)7-8-18-11-9-17(2)10-12-18/h3-6,13,16H,1,7-12H2,2H3. The molecule has 1 fully saturated rings. The van der Waals surface area contributed by atoms with Crippen LogP contribution in [-0.4, -0.2) is 49.6 Å². The highest BCUT2D eigenvalue weighted by atomic mass is 15.2. The van der Waals surface area contributed by atoms with Crippen molar-refractivity contribution >= 4 is 5.69 Å². The van der Waals surface area contributed by atoms with Gasteiger partial charge in [0.1, 0.15) is 0 Å². The molecule has 2 rings (SSSR count). The molecule has 1 aliphatic rings. The molecule has 98 valence electrons. The van der Waals surface area contributed by atoms with E-state index in [0.717, 1.165) is 18.7 Å². The van der Waals surface area contributed by atoms with E-state index in [9.17, 15) is 0 Å². The van der Waals surface area contributed by atoms with Crippen LogP contribution in [0, 0.1) is 0 Å². The summed E-state index contributed by atoms with van der Waals surface area (Å²) in [6, 6.07) is 8.58. The van der Waals surface area contributed by atoms with Gasteiger partial charge in [-0.15, -0.1) is 0 Å². The largest absolute Gasteiger partial charge is 0.362 e. The van der Waals surface area contributed by atoms with Crippen LogP contribution in [-0.2, 0) is 6.42 Å². The number of nitrogens with one attached hydrogen (secondary N) is 1. The normalized spacial score (nSPS) is 17.6. The number of piperazine rings is 1. The third kappa shape index (κ3) is 3.86. The molecule has 18 heavy (non-hydrogen) atoms. The number of nitrogens with zero attached hydrogens (tertiary/aromatic N) is 2. The molecule has 3 heteroatoms. The maximum absolute atomic E-state index is 3.69. The lowest BCUT2D eigenvalue weighted by atomic mass is 10.1. The second-order valence-electron chi connectivity index (χ2n) is 4.94. The Morgan fingerprint density at radius 1 is 1.28 bits per heavy atom. The first kappa shape index (κ1) is 13.1. The van der Waals surface area contributed by atoms with Crippen molar-refractivity contribution in [1.82, 2.24) is 9.80 Å². The summed E-state index contributed by atoms with van der Waals surface area (Å²) in [4.78, 5) is 4.94. The summed E-state index contributed by atoms with van der Waals surface area (Å²) < 4.78 is 0. The molecule has 1 heterocycles. The summed E-state index contributed by atoms with van der Waals surface area (Å²) in [6.45, 7) is 9.62. The molecular formula is C15H23N3. The van der Waals surface area contributed by atoms with Gasteiger partial charge in [0.2, 0.25) is 0 Å². The van der Waals surface area contributed by atoms with E-state index in [1.807, 2.05) is 0 Å². The van der Waals surface area contributed by atoms with Gasteiger partial charge in [0.15, 0.2) is 0 Å². The molecule has 0 spiro atoms. The van der Waals surface area contributed by atoms with Crippen molar-refractivity contribution < 1.29 is 0 Å². The highest BCUT2D eigenvalue weighted by Crippen LogP contribution is 2.12. The minimum atomic E-state index is 1.12. The van der Waals surface area contributed by atoms with Gasteiger partial charge in [-0.3, -0.25) is 0 Å². The Morgan fingerprint density at radius 3 is 2.78 bits per heavy atom. The summed E-state index contributed by atoms with van der Waals surface area (Å²) in [5.41, 5.74) is 2.52. The first-order chi connectivity index (χ1) is 8.78. The van der Waals surface area contributed by atoms with Crippen molar-refractivity contribution in [2.45, 2.75) is 6.42 Å². The summed E-state index contributed by atoms with van der Waals surface area (Å²) >= 11 is 0. The summed E-state index contributed by atoms with van der Waals surface area (Å²) in [7, 11) is 2.20. The highest BCUT2D eigenvalue weighted by Gasteiger charge is 2.12. The molecule has 0 unspecified atom stereocenters. The Kier molecular flexibility index (Phi) is 4.79. The number of rotatable bonds is 5. The van der Waals surface area contributed by atoms with E-state index < -0.39 is 0 Å². The SMILES string of the molecule is C=CNc1cccc(CCN2CCN(C)CC2)c1. The number of benzene rings is 1. The lowest BCUT2D eigenvalue weighted by Gasteiger charge is -2.32. The van der Waals surface area contributed by atoms with Crippen molar-refractivity contribution in [3.8, 4) is 0 Å². The van der Waals surface area contributed by atoms with Crippen LogP contribution in [0.15, 0.2) is 37.0 Å². The molecule has 0 radical (unpaired) electrons. The summed E-state index contributed by atoms with van der Waals surface area (Å²) in [5, 5.41) is 3.14. The van der Waals surface area contributed by atoms with Gasteiger partial charge in [-0.2, -0.15) is 0 Å². The molecule has 0 bridgehead atoms. The van der Waals surface area contributed by atoms with Gasteiger partial charge in [-0.25, -0.2) is 0 Å². The fourth-order valence-corrected chi connectivity index (χ4v) is 2.29. The van der Waals surface area contributed by atoms with Gasteiger partial charge >= 0.3 is 0 Å². The third-order valence-corrected chi connectivity index (χ3v) is 3.51. The zero-order valence-electron chi connectivity index (χ0n) is 11.2. The molecule has 0 aliphatic carbocycles. The van der Waals surface area contributed by atoms with E-state index in [1.165, 1.54) is 31.7 Å². The van der Waals surface area contributed by atoms with E-state index >= 15 is 0 Å². The molecule has 1 saturated heterocycles. The molecule has 3 nitrogen and oxygen atoms in total. The van der Waals surface area contributed by atoms with E-state index in [-0.39, 0.29) is 0 Å². The summed E-state index contributed by atoms with van der Waals surface area (Å²) in [6.07, 6.45) is 2.84. The molecule has 1 aromatic carbocycles. The molecular weight excluding hydrogens is 222 g/mol. The Morgan fingerprint density at radius 2 is 2.06 bits per heavy atom. The van der Waals surface area contributed by atoms with Crippen LogP contribution in [0.2, 0.25) is 0 Å². The van der Waals surface area contributed by atoms with Gasteiger partial charge in [-0.05, 0) is 37.4 Å². The van der Waals surface area contributed by atoms with Gasteiger partial charge < -0.3 is 15.1 Å². The van der Waals surface area contributed by atoms with Gasteiger partial charge in [0.05, 0.1) is 0 Å². The monoisotopic (exact) mass is 245 g/mol. The molecule has 1 aromatic rings. The van der Waals surface area contributed by atoms with E-state index in [2.05, 4.69) is 53.0 Å². The second-order valence-corrected chi connectivity index (χ2v) is 4.94. The predicted octanol–water partition coefficient (Wildman–Crippen LogP) is 2.03. The Balaban J connectivity index is 1.82. The van der Waals surface area contributed by atoms with Crippen LogP contribution in [0.1, 0.15) is 5.56 Å². The number of hydrogen-bond acceptors (Lipinski definition) is 3. The van der Waals surface area contributed by atoms with Crippen LogP contribution >= 0.6 is 0 Å². The average Bonchev–Trinajstić information content (AvgIpc) is 2.39. The Hall–Kier alpha value is -1.32. The number of hydrogen-bond donors (Lipinski definition) is 1. The zero-order chi connectivity index (χ0) is 12.8. The summed E-state index contributed by atoms with van der Waals surface area (Å²) in [5.74, 6) is 0.